The van der Waals surface area contributed by atoms with Crippen LogP contribution < -0.4 is 5.32 Å². The Morgan fingerprint density at radius 2 is 2.00 bits per heavy atom. The van der Waals surface area contributed by atoms with Crippen LogP contribution >= 0.6 is 0 Å². The second kappa shape index (κ2) is 6.53. The molecule has 1 aliphatic rings. The smallest absolute Gasteiger partial charge is 0.141 e. The summed E-state index contributed by atoms with van der Waals surface area (Å²) in [5.41, 5.74) is 0.932. The lowest BCUT2D eigenvalue weighted by molar-refractivity contribution is 0.206. The molecule has 0 atom stereocenters. The first kappa shape index (κ1) is 10.8. The standard InChI is InChI=1S/C8H11NO.C2H6/c1-3-7-8(4-2)10-6-5-9-7;1-2/h3-4,9H,1-2,5-6H2;1-2H3. The van der Waals surface area contributed by atoms with Crippen LogP contribution in [0.2, 0.25) is 0 Å². The first-order chi connectivity index (χ1) is 5.88. The van der Waals surface area contributed by atoms with Crippen molar-refractivity contribution in [1.82, 2.24) is 5.32 Å². The fourth-order valence-electron chi connectivity index (χ4n) is 0.853. The summed E-state index contributed by atoms with van der Waals surface area (Å²) in [6, 6.07) is 0. The largest absolute Gasteiger partial charge is 0.490 e. The molecular formula is C10H17NO. The van der Waals surface area contributed by atoms with Crippen molar-refractivity contribution in [3.8, 4) is 0 Å². The molecule has 1 aliphatic heterocycles. The molecule has 12 heavy (non-hydrogen) atoms. The second-order valence-corrected chi connectivity index (χ2v) is 1.96. The zero-order valence-corrected chi connectivity index (χ0v) is 7.89. The van der Waals surface area contributed by atoms with E-state index in [-0.39, 0.29) is 0 Å². The van der Waals surface area contributed by atoms with Crippen LogP contribution in [0.5, 0.6) is 0 Å². The van der Waals surface area contributed by atoms with Crippen LogP contribution in [-0.2, 0) is 4.74 Å². The molecule has 2 nitrogen and oxygen atoms in total. The van der Waals surface area contributed by atoms with Gasteiger partial charge in [-0.05, 0) is 12.2 Å². The third-order valence-corrected chi connectivity index (χ3v) is 1.33. The molecule has 0 aromatic carbocycles. The highest BCUT2D eigenvalue weighted by Gasteiger charge is 2.05. The maximum Gasteiger partial charge on any atom is 0.141 e. The molecule has 1 N–H and O–H groups in total. The third kappa shape index (κ3) is 2.82. The number of ether oxygens (including phenoxy) is 1. The predicted octanol–water partition coefficient (Wildman–Crippen LogP) is 2.22. The van der Waals surface area contributed by atoms with Crippen molar-refractivity contribution in [3.63, 3.8) is 0 Å². The van der Waals surface area contributed by atoms with Crippen molar-refractivity contribution in [2.24, 2.45) is 0 Å². The third-order valence-electron chi connectivity index (χ3n) is 1.33. The summed E-state index contributed by atoms with van der Waals surface area (Å²) in [7, 11) is 0. The first-order valence-corrected chi connectivity index (χ1v) is 4.24. The van der Waals surface area contributed by atoms with E-state index in [9.17, 15) is 0 Å². The summed E-state index contributed by atoms with van der Waals surface area (Å²) >= 11 is 0. The van der Waals surface area contributed by atoms with Gasteiger partial charge in [-0.15, -0.1) is 0 Å². The van der Waals surface area contributed by atoms with E-state index in [1.807, 2.05) is 13.8 Å². The SMILES string of the molecule is C=CC1=C(C=C)OCCN1.CC. The van der Waals surface area contributed by atoms with E-state index in [0.717, 1.165) is 18.0 Å². The topological polar surface area (TPSA) is 21.3 Å². The van der Waals surface area contributed by atoms with Gasteiger partial charge in [0.2, 0.25) is 0 Å². The Balaban J connectivity index is 0.000000561. The molecule has 0 aromatic heterocycles. The van der Waals surface area contributed by atoms with Crippen LogP contribution in [0.25, 0.3) is 0 Å². The molecule has 68 valence electrons. The Hall–Kier alpha value is -1.18. The zero-order chi connectivity index (χ0) is 9.40. The minimum atomic E-state index is 0.707. The van der Waals surface area contributed by atoms with Crippen LogP contribution in [0.15, 0.2) is 36.8 Å². The Morgan fingerprint density at radius 1 is 1.33 bits per heavy atom. The summed E-state index contributed by atoms with van der Waals surface area (Å²) in [4.78, 5) is 0. The predicted molar refractivity (Wildman–Crippen MR) is 52.7 cm³/mol. The number of allylic oxidation sites excluding steroid dienone is 2. The Bertz CT molecular complexity index is 162. The van der Waals surface area contributed by atoms with Gasteiger partial charge in [0.15, 0.2) is 0 Å². The van der Waals surface area contributed by atoms with Gasteiger partial charge in [-0.2, -0.15) is 0 Å². The fraction of sp³-hybridized carbons (Fsp3) is 0.400. The maximum absolute atomic E-state index is 5.26. The van der Waals surface area contributed by atoms with E-state index in [2.05, 4.69) is 18.5 Å². The Labute approximate surface area is 74.6 Å². The van der Waals surface area contributed by atoms with Crippen molar-refractivity contribution in [2.75, 3.05) is 13.2 Å². The summed E-state index contributed by atoms with van der Waals surface area (Å²) < 4.78 is 5.26. The molecule has 0 bridgehead atoms. The highest BCUT2D eigenvalue weighted by atomic mass is 16.5. The number of nitrogens with one attached hydrogen (secondary N) is 1. The maximum atomic E-state index is 5.26. The number of rotatable bonds is 2. The van der Waals surface area contributed by atoms with Gasteiger partial charge in [-0.1, -0.05) is 27.0 Å². The monoisotopic (exact) mass is 167 g/mol. The van der Waals surface area contributed by atoms with Gasteiger partial charge in [0.25, 0.3) is 0 Å². The van der Waals surface area contributed by atoms with E-state index in [4.69, 9.17) is 4.74 Å². The highest BCUT2D eigenvalue weighted by Crippen LogP contribution is 2.08. The van der Waals surface area contributed by atoms with E-state index < -0.39 is 0 Å². The molecular weight excluding hydrogens is 150 g/mol. The van der Waals surface area contributed by atoms with E-state index >= 15 is 0 Å². The van der Waals surface area contributed by atoms with Gasteiger partial charge in [-0.25, -0.2) is 0 Å². The number of hydrogen-bond donors (Lipinski definition) is 1. The van der Waals surface area contributed by atoms with Crippen LogP contribution in [0, 0.1) is 0 Å². The number of hydrogen-bond acceptors (Lipinski definition) is 2. The normalized spacial score (nSPS) is 14.8. The van der Waals surface area contributed by atoms with Crippen molar-refractivity contribution < 1.29 is 4.74 Å². The van der Waals surface area contributed by atoms with Gasteiger partial charge in [0.1, 0.15) is 12.4 Å². The average Bonchev–Trinajstić information content (AvgIpc) is 2.20. The molecule has 0 aliphatic carbocycles. The van der Waals surface area contributed by atoms with Crippen molar-refractivity contribution >= 4 is 0 Å². The van der Waals surface area contributed by atoms with Crippen LogP contribution in [-0.4, -0.2) is 13.2 Å². The molecule has 0 saturated carbocycles. The minimum Gasteiger partial charge on any atom is -0.490 e. The lowest BCUT2D eigenvalue weighted by Crippen LogP contribution is -2.24. The van der Waals surface area contributed by atoms with Gasteiger partial charge in [-0.3, -0.25) is 0 Å². The van der Waals surface area contributed by atoms with Crippen molar-refractivity contribution in [3.05, 3.63) is 36.8 Å². The minimum absolute atomic E-state index is 0.707. The summed E-state index contributed by atoms with van der Waals surface area (Å²) in [5.74, 6) is 0.793. The van der Waals surface area contributed by atoms with E-state index in [0.29, 0.717) is 6.61 Å². The van der Waals surface area contributed by atoms with Crippen LogP contribution in [0.4, 0.5) is 0 Å². The van der Waals surface area contributed by atoms with Crippen LogP contribution in [0.3, 0.4) is 0 Å². The van der Waals surface area contributed by atoms with E-state index in [1.165, 1.54) is 0 Å². The second-order valence-electron chi connectivity index (χ2n) is 1.96. The molecule has 0 radical (unpaired) electrons. The Morgan fingerprint density at radius 3 is 2.42 bits per heavy atom. The van der Waals surface area contributed by atoms with Crippen molar-refractivity contribution in [2.45, 2.75) is 13.8 Å². The highest BCUT2D eigenvalue weighted by molar-refractivity contribution is 5.26. The molecule has 0 saturated heterocycles. The first-order valence-electron chi connectivity index (χ1n) is 4.24. The Kier molecular flexibility index (Phi) is 5.88. The lowest BCUT2D eigenvalue weighted by Gasteiger charge is -2.18. The van der Waals surface area contributed by atoms with Gasteiger partial charge < -0.3 is 10.1 Å². The molecule has 2 heteroatoms. The molecule has 0 spiro atoms. The summed E-state index contributed by atoms with van der Waals surface area (Å²) in [6.07, 6.45) is 3.42. The molecule has 1 rings (SSSR count). The van der Waals surface area contributed by atoms with Gasteiger partial charge >= 0.3 is 0 Å². The van der Waals surface area contributed by atoms with Gasteiger partial charge in [0, 0.05) is 6.54 Å². The van der Waals surface area contributed by atoms with Gasteiger partial charge in [0.05, 0.1) is 5.70 Å². The molecule has 0 fully saturated rings. The summed E-state index contributed by atoms with van der Waals surface area (Å²) in [5, 5.41) is 3.14. The average molecular weight is 167 g/mol. The molecule has 0 aromatic rings. The summed E-state index contributed by atoms with van der Waals surface area (Å²) in [6.45, 7) is 12.8. The molecule has 0 amide bonds. The van der Waals surface area contributed by atoms with Crippen molar-refractivity contribution in [1.29, 1.82) is 0 Å². The molecule has 0 unspecified atom stereocenters. The van der Waals surface area contributed by atoms with E-state index in [1.54, 1.807) is 12.2 Å². The lowest BCUT2D eigenvalue weighted by atomic mass is 10.3. The zero-order valence-electron chi connectivity index (χ0n) is 7.89. The van der Waals surface area contributed by atoms with Crippen LogP contribution in [0.1, 0.15) is 13.8 Å². The quantitative estimate of drug-likeness (QED) is 0.681. The molecule has 1 heterocycles. The fourth-order valence-corrected chi connectivity index (χ4v) is 0.853.